The molecule has 2 aromatic rings. The van der Waals surface area contributed by atoms with Crippen molar-refractivity contribution >= 4 is 49.6 Å². The Kier molecular flexibility index (Phi) is 4.93. The molecule has 0 aliphatic heterocycles. The number of aromatic carboxylic acids is 1. The second-order valence-electron chi connectivity index (χ2n) is 4.68. The second kappa shape index (κ2) is 6.39. The average molecular weight is 435 g/mol. The van der Waals surface area contributed by atoms with Crippen LogP contribution in [0.15, 0.2) is 37.7 Å². The van der Waals surface area contributed by atoms with Crippen LogP contribution >= 0.6 is 22.6 Å². The zero-order chi connectivity index (χ0) is 16.5. The van der Waals surface area contributed by atoms with Crippen LogP contribution in [0.4, 0.5) is 0 Å². The summed E-state index contributed by atoms with van der Waals surface area (Å²) >= 11 is 2.04. The Morgan fingerprint density at radius 3 is 2.73 bits per heavy atom. The normalized spacial score (nSPS) is 11.7. The second-order valence-corrected chi connectivity index (χ2v) is 7.98. The lowest BCUT2D eigenvalue weighted by atomic mass is 10.1. The molecular formula is C14H14INO5S. The molecule has 6 nitrogen and oxygen atoms in total. The molecule has 0 saturated carbocycles. The highest BCUT2D eigenvalue weighted by atomic mass is 127. The van der Waals surface area contributed by atoms with Gasteiger partial charge in [0.2, 0.25) is 15.8 Å². The molecule has 0 aliphatic rings. The fourth-order valence-corrected chi connectivity index (χ4v) is 3.30. The van der Waals surface area contributed by atoms with E-state index in [1.165, 1.54) is 18.2 Å². The van der Waals surface area contributed by atoms with Crippen LogP contribution in [0.25, 0.3) is 11.0 Å². The van der Waals surface area contributed by atoms with Crippen LogP contribution in [0.1, 0.15) is 22.5 Å². The van der Waals surface area contributed by atoms with Crippen molar-refractivity contribution in [1.29, 1.82) is 0 Å². The van der Waals surface area contributed by atoms with Crippen LogP contribution in [-0.2, 0) is 10.0 Å². The third-order valence-electron chi connectivity index (χ3n) is 3.10. The number of carboxylic acids is 1. The minimum atomic E-state index is -3.66. The number of hydrogen-bond acceptors (Lipinski definition) is 4. The maximum atomic E-state index is 12.2. The number of furan rings is 1. The van der Waals surface area contributed by atoms with E-state index in [-0.39, 0.29) is 17.2 Å². The third kappa shape index (κ3) is 3.50. The summed E-state index contributed by atoms with van der Waals surface area (Å²) in [6, 6.07) is 4.26. The molecule has 0 amide bonds. The van der Waals surface area contributed by atoms with Crippen molar-refractivity contribution in [2.24, 2.45) is 0 Å². The molecule has 2 rings (SSSR count). The first kappa shape index (κ1) is 17.0. The van der Waals surface area contributed by atoms with Crippen LogP contribution in [-0.4, -0.2) is 26.0 Å². The number of benzene rings is 1. The minimum Gasteiger partial charge on any atom is -0.475 e. The quantitative estimate of drug-likeness (QED) is 0.680. The average Bonchev–Trinajstić information content (AvgIpc) is 2.75. The Hall–Kier alpha value is -1.39. The molecule has 22 heavy (non-hydrogen) atoms. The van der Waals surface area contributed by atoms with Gasteiger partial charge in [0.25, 0.3) is 0 Å². The largest absolute Gasteiger partial charge is 0.475 e. The first-order valence-electron chi connectivity index (χ1n) is 6.32. The van der Waals surface area contributed by atoms with E-state index in [0.717, 1.165) is 3.58 Å². The number of aryl methyl sites for hydroxylation is 1. The summed E-state index contributed by atoms with van der Waals surface area (Å²) in [6.07, 6.45) is 0.538. The van der Waals surface area contributed by atoms with Crippen LogP contribution in [0.5, 0.6) is 0 Å². The van der Waals surface area contributed by atoms with Gasteiger partial charge in [-0.1, -0.05) is 6.58 Å². The lowest BCUT2D eigenvalue weighted by Crippen LogP contribution is -2.24. The lowest BCUT2D eigenvalue weighted by molar-refractivity contribution is 0.0664. The predicted octanol–water partition coefficient (Wildman–Crippen LogP) is 3.06. The number of hydrogen-bond donors (Lipinski definition) is 2. The molecular weight excluding hydrogens is 421 g/mol. The fourth-order valence-electron chi connectivity index (χ4n) is 1.98. The van der Waals surface area contributed by atoms with E-state index in [1.54, 1.807) is 6.92 Å². The highest BCUT2D eigenvalue weighted by molar-refractivity contribution is 14.1. The SMILES string of the molecule is C=C(I)CCNS(=O)(=O)c1ccc2oc(C(=O)O)c(C)c2c1. The molecule has 0 unspecified atom stereocenters. The summed E-state index contributed by atoms with van der Waals surface area (Å²) in [6.45, 7) is 5.54. The Balaban J connectivity index is 2.38. The fraction of sp³-hybridized carbons (Fsp3) is 0.214. The zero-order valence-corrected chi connectivity index (χ0v) is 14.7. The van der Waals surface area contributed by atoms with Gasteiger partial charge in [-0.2, -0.15) is 0 Å². The standard InChI is InChI=1S/C14H14INO5S/c1-8(15)5-6-16-22(19,20)10-3-4-12-11(7-10)9(2)13(21-12)14(17)18/h3-4,7,16H,1,5-6H2,2H3,(H,17,18). The van der Waals surface area contributed by atoms with Crippen molar-refractivity contribution in [3.63, 3.8) is 0 Å². The van der Waals surface area contributed by atoms with E-state index in [0.29, 0.717) is 23.0 Å². The topological polar surface area (TPSA) is 96.6 Å². The molecule has 1 aromatic heterocycles. The van der Waals surface area contributed by atoms with Gasteiger partial charge >= 0.3 is 5.97 Å². The molecule has 0 spiro atoms. The summed E-state index contributed by atoms with van der Waals surface area (Å²) < 4.78 is 33.0. The van der Waals surface area contributed by atoms with E-state index in [2.05, 4.69) is 11.3 Å². The number of halogens is 1. The molecule has 0 bridgehead atoms. The Morgan fingerprint density at radius 2 is 2.14 bits per heavy atom. The molecule has 2 N–H and O–H groups in total. The molecule has 0 saturated heterocycles. The molecule has 1 aromatic carbocycles. The molecule has 8 heteroatoms. The molecule has 0 fully saturated rings. The van der Waals surface area contributed by atoms with Crippen molar-refractivity contribution < 1.29 is 22.7 Å². The van der Waals surface area contributed by atoms with Gasteiger partial charge in [-0.25, -0.2) is 17.9 Å². The molecule has 0 aliphatic carbocycles. The lowest BCUT2D eigenvalue weighted by Gasteiger charge is -2.06. The van der Waals surface area contributed by atoms with E-state index < -0.39 is 16.0 Å². The predicted molar refractivity (Wildman–Crippen MR) is 90.9 cm³/mol. The summed E-state index contributed by atoms with van der Waals surface area (Å²) in [5.74, 6) is -1.37. The van der Waals surface area contributed by atoms with Crippen LogP contribution in [0.2, 0.25) is 0 Å². The molecule has 0 atom stereocenters. The van der Waals surface area contributed by atoms with Gasteiger partial charge in [-0.05, 0) is 57.7 Å². The van der Waals surface area contributed by atoms with Gasteiger partial charge in [-0.3, -0.25) is 0 Å². The summed E-state index contributed by atoms with van der Waals surface area (Å²) in [5.41, 5.74) is 0.745. The number of rotatable bonds is 6. The first-order chi connectivity index (χ1) is 10.2. The van der Waals surface area contributed by atoms with Crippen molar-refractivity contribution in [2.45, 2.75) is 18.2 Å². The van der Waals surface area contributed by atoms with E-state index in [4.69, 9.17) is 9.52 Å². The van der Waals surface area contributed by atoms with Gasteiger partial charge in [-0.15, -0.1) is 0 Å². The van der Waals surface area contributed by atoms with E-state index >= 15 is 0 Å². The number of sulfonamides is 1. The number of carbonyl (C=O) groups is 1. The van der Waals surface area contributed by atoms with Gasteiger partial charge in [0.1, 0.15) is 5.58 Å². The van der Waals surface area contributed by atoms with E-state index in [9.17, 15) is 13.2 Å². The summed E-state index contributed by atoms with van der Waals surface area (Å²) in [7, 11) is -3.66. The van der Waals surface area contributed by atoms with Crippen molar-refractivity contribution in [1.82, 2.24) is 4.72 Å². The van der Waals surface area contributed by atoms with Crippen LogP contribution < -0.4 is 4.72 Å². The van der Waals surface area contributed by atoms with Gasteiger partial charge < -0.3 is 9.52 Å². The maximum Gasteiger partial charge on any atom is 0.372 e. The molecule has 118 valence electrons. The molecule has 0 radical (unpaired) electrons. The number of carboxylic acid groups (broad SMARTS) is 1. The maximum absolute atomic E-state index is 12.2. The molecule has 1 heterocycles. The van der Waals surface area contributed by atoms with Crippen molar-refractivity contribution in [3.05, 3.63) is 39.7 Å². The van der Waals surface area contributed by atoms with Crippen molar-refractivity contribution in [3.8, 4) is 0 Å². The Labute approximate surface area is 141 Å². The first-order valence-corrected chi connectivity index (χ1v) is 8.88. The Bertz CT molecular complexity index is 853. The van der Waals surface area contributed by atoms with E-state index in [1.807, 2.05) is 22.6 Å². The smallest absolute Gasteiger partial charge is 0.372 e. The van der Waals surface area contributed by atoms with Crippen LogP contribution in [0.3, 0.4) is 0 Å². The number of fused-ring (bicyclic) bond motifs is 1. The highest BCUT2D eigenvalue weighted by Crippen LogP contribution is 2.27. The minimum absolute atomic E-state index is 0.0694. The monoisotopic (exact) mass is 435 g/mol. The summed E-state index contributed by atoms with van der Waals surface area (Å²) in [4.78, 5) is 11.1. The third-order valence-corrected chi connectivity index (χ3v) is 5.10. The number of nitrogens with one attached hydrogen (secondary N) is 1. The van der Waals surface area contributed by atoms with Gasteiger partial charge in [0, 0.05) is 17.5 Å². The summed E-state index contributed by atoms with van der Waals surface area (Å²) in [5, 5.41) is 9.50. The highest BCUT2D eigenvalue weighted by Gasteiger charge is 2.20. The van der Waals surface area contributed by atoms with Gasteiger partial charge in [0.05, 0.1) is 4.90 Å². The van der Waals surface area contributed by atoms with Crippen LogP contribution in [0, 0.1) is 6.92 Å². The Morgan fingerprint density at radius 1 is 1.45 bits per heavy atom. The van der Waals surface area contributed by atoms with Crippen molar-refractivity contribution in [2.75, 3.05) is 6.54 Å². The zero-order valence-electron chi connectivity index (χ0n) is 11.7. The van der Waals surface area contributed by atoms with Gasteiger partial charge in [0.15, 0.2) is 0 Å².